The van der Waals surface area contributed by atoms with E-state index < -0.39 is 11.9 Å². The highest BCUT2D eigenvalue weighted by Crippen LogP contribution is 2.25. The van der Waals surface area contributed by atoms with E-state index in [2.05, 4.69) is 5.16 Å². The van der Waals surface area contributed by atoms with Crippen molar-refractivity contribution in [1.29, 1.82) is 0 Å². The largest absolute Gasteiger partial charge is 0.481 e. The van der Waals surface area contributed by atoms with E-state index in [4.69, 9.17) is 4.52 Å². The molecule has 1 aromatic carbocycles. The van der Waals surface area contributed by atoms with Gasteiger partial charge in [0.05, 0.1) is 5.92 Å². The number of hydrogen-bond donors (Lipinski definition) is 1. The van der Waals surface area contributed by atoms with Crippen LogP contribution < -0.4 is 0 Å². The SMILES string of the molecule is CC1CC(C(=O)O)CN(C(=O)c2cc(-c3ccccc3)no2)C1. The zero-order valence-electron chi connectivity index (χ0n) is 12.8. The number of rotatable bonds is 3. The molecule has 0 saturated carbocycles. The molecule has 1 N–H and O–H groups in total. The Morgan fingerprint density at radius 3 is 2.70 bits per heavy atom. The number of hydrogen-bond acceptors (Lipinski definition) is 4. The number of benzene rings is 1. The van der Waals surface area contributed by atoms with Crippen LogP contribution in [0.4, 0.5) is 0 Å². The van der Waals surface area contributed by atoms with Gasteiger partial charge in [-0.2, -0.15) is 0 Å². The van der Waals surface area contributed by atoms with Crippen molar-refractivity contribution in [2.24, 2.45) is 11.8 Å². The van der Waals surface area contributed by atoms with E-state index in [1.807, 2.05) is 37.3 Å². The van der Waals surface area contributed by atoms with Crippen LogP contribution in [-0.4, -0.2) is 40.1 Å². The summed E-state index contributed by atoms with van der Waals surface area (Å²) in [4.78, 5) is 25.3. The molecule has 3 rings (SSSR count). The lowest BCUT2D eigenvalue weighted by molar-refractivity contribution is -0.143. The summed E-state index contributed by atoms with van der Waals surface area (Å²) in [6.45, 7) is 2.69. The third-order valence-corrected chi connectivity index (χ3v) is 4.09. The molecule has 23 heavy (non-hydrogen) atoms. The molecule has 0 spiro atoms. The number of piperidine rings is 1. The minimum absolute atomic E-state index is 0.141. The number of carbonyl (C=O) groups is 2. The Hall–Kier alpha value is -2.63. The van der Waals surface area contributed by atoms with Crippen molar-refractivity contribution in [3.05, 3.63) is 42.2 Å². The number of carbonyl (C=O) groups excluding carboxylic acids is 1. The third kappa shape index (κ3) is 3.26. The monoisotopic (exact) mass is 314 g/mol. The second-order valence-corrected chi connectivity index (χ2v) is 6.03. The highest BCUT2D eigenvalue weighted by molar-refractivity contribution is 5.92. The predicted octanol–water partition coefficient (Wildman–Crippen LogP) is 2.52. The fourth-order valence-corrected chi connectivity index (χ4v) is 2.97. The molecule has 2 aromatic rings. The fourth-order valence-electron chi connectivity index (χ4n) is 2.97. The molecule has 1 amide bonds. The lowest BCUT2D eigenvalue weighted by Gasteiger charge is -2.33. The molecule has 0 bridgehead atoms. The maximum absolute atomic E-state index is 12.6. The van der Waals surface area contributed by atoms with Crippen LogP contribution in [0.15, 0.2) is 40.9 Å². The van der Waals surface area contributed by atoms with Crippen molar-refractivity contribution in [2.45, 2.75) is 13.3 Å². The number of amides is 1. The van der Waals surface area contributed by atoms with Crippen molar-refractivity contribution in [3.63, 3.8) is 0 Å². The van der Waals surface area contributed by atoms with Gasteiger partial charge in [0.2, 0.25) is 5.76 Å². The summed E-state index contributed by atoms with van der Waals surface area (Å²) in [6.07, 6.45) is 0.588. The number of carboxylic acids is 1. The van der Waals surface area contributed by atoms with E-state index in [1.165, 1.54) is 0 Å². The summed E-state index contributed by atoms with van der Waals surface area (Å²) in [6, 6.07) is 11.0. The van der Waals surface area contributed by atoms with Gasteiger partial charge in [-0.1, -0.05) is 42.4 Å². The van der Waals surface area contributed by atoms with Gasteiger partial charge in [-0.15, -0.1) is 0 Å². The van der Waals surface area contributed by atoms with Gasteiger partial charge in [0, 0.05) is 24.7 Å². The molecule has 0 radical (unpaired) electrons. The Balaban J connectivity index is 1.78. The quantitative estimate of drug-likeness (QED) is 0.941. The molecule has 1 aliphatic heterocycles. The second kappa shape index (κ2) is 6.24. The molecule has 1 fully saturated rings. The van der Waals surface area contributed by atoms with Crippen LogP contribution in [0.25, 0.3) is 11.3 Å². The van der Waals surface area contributed by atoms with E-state index in [9.17, 15) is 14.7 Å². The Morgan fingerprint density at radius 2 is 2.00 bits per heavy atom. The Bertz CT molecular complexity index is 710. The third-order valence-electron chi connectivity index (χ3n) is 4.09. The van der Waals surface area contributed by atoms with Gasteiger partial charge >= 0.3 is 5.97 Å². The Morgan fingerprint density at radius 1 is 1.26 bits per heavy atom. The van der Waals surface area contributed by atoms with Crippen LogP contribution in [0, 0.1) is 11.8 Å². The van der Waals surface area contributed by atoms with Crippen molar-refractivity contribution in [2.75, 3.05) is 13.1 Å². The predicted molar refractivity (Wildman–Crippen MR) is 82.7 cm³/mol. The Kier molecular flexibility index (Phi) is 4.14. The minimum Gasteiger partial charge on any atom is -0.481 e. The molecule has 2 atom stereocenters. The van der Waals surface area contributed by atoms with E-state index >= 15 is 0 Å². The van der Waals surface area contributed by atoms with Gasteiger partial charge in [0.25, 0.3) is 5.91 Å². The topological polar surface area (TPSA) is 83.6 Å². The average molecular weight is 314 g/mol. The first-order valence-corrected chi connectivity index (χ1v) is 7.59. The van der Waals surface area contributed by atoms with Crippen LogP contribution in [-0.2, 0) is 4.79 Å². The van der Waals surface area contributed by atoms with Crippen LogP contribution in [0.5, 0.6) is 0 Å². The highest BCUT2D eigenvalue weighted by Gasteiger charge is 2.33. The lowest BCUT2D eigenvalue weighted by atomic mass is 9.90. The molecule has 120 valence electrons. The zero-order valence-corrected chi connectivity index (χ0v) is 12.8. The van der Waals surface area contributed by atoms with Gasteiger partial charge in [0.15, 0.2) is 0 Å². The Labute approximate surface area is 133 Å². The summed E-state index contributed by atoms with van der Waals surface area (Å²) >= 11 is 0. The van der Waals surface area contributed by atoms with E-state index in [0.29, 0.717) is 18.7 Å². The summed E-state index contributed by atoms with van der Waals surface area (Å²) in [5.74, 6) is -1.42. The van der Waals surface area contributed by atoms with Crippen LogP contribution in [0.3, 0.4) is 0 Å². The van der Waals surface area contributed by atoms with Gasteiger partial charge in [0.1, 0.15) is 5.69 Å². The standard InChI is InChI=1S/C17H18N2O4/c1-11-7-13(17(21)22)10-19(9-11)16(20)15-8-14(18-23-15)12-5-3-2-4-6-12/h2-6,8,11,13H,7,9-10H2,1H3,(H,21,22). The summed E-state index contributed by atoms with van der Waals surface area (Å²) in [5.41, 5.74) is 1.46. The molecule has 1 aliphatic rings. The van der Waals surface area contributed by atoms with Crippen LogP contribution >= 0.6 is 0 Å². The van der Waals surface area contributed by atoms with E-state index in [0.717, 1.165) is 5.56 Å². The molecule has 0 aliphatic carbocycles. The summed E-state index contributed by atoms with van der Waals surface area (Å²) < 4.78 is 5.18. The molecular formula is C17H18N2O4. The van der Waals surface area contributed by atoms with E-state index in [-0.39, 0.29) is 24.1 Å². The normalized spacial score (nSPS) is 21.2. The minimum atomic E-state index is -0.864. The number of likely N-dealkylation sites (tertiary alicyclic amines) is 1. The van der Waals surface area contributed by atoms with Crippen molar-refractivity contribution < 1.29 is 19.2 Å². The number of nitrogens with zero attached hydrogens (tertiary/aromatic N) is 2. The van der Waals surface area contributed by atoms with Gasteiger partial charge in [-0.3, -0.25) is 9.59 Å². The number of carboxylic acid groups (broad SMARTS) is 1. The number of aliphatic carboxylic acids is 1. The first-order valence-electron chi connectivity index (χ1n) is 7.59. The van der Waals surface area contributed by atoms with Crippen molar-refractivity contribution in [3.8, 4) is 11.3 Å². The smallest absolute Gasteiger partial charge is 0.308 e. The zero-order chi connectivity index (χ0) is 16.4. The molecule has 2 heterocycles. The average Bonchev–Trinajstić information content (AvgIpc) is 3.04. The number of aromatic nitrogens is 1. The molecule has 1 saturated heterocycles. The molecule has 6 heteroatoms. The molecular weight excluding hydrogens is 296 g/mol. The van der Waals surface area contributed by atoms with E-state index in [1.54, 1.807) is 11.0 Å². The van der Waals surface area contributed by atoms with Crippen molar-refractivity contribution in [1.82, 2.24) is 10.1 Å². The van der Waals surface area contributed by atoms with Gasteiger partial charge in [-0.25, -0.2) is 0 Å². The van der Waals surface area contributed by atoms with Crippen LogP contribution in [0.2, 0.25) is 0 Å². The summed E-state index contributed by atoms with van der Waals surface area (Å²) in [5, 5.41) is 13.1. The van der Waals surface area contributed by atoms with Gasteiger partial charge in [-0.05, 0) is 12.3 Å². The van der Waals surface area contributed by atoms with Gasteiger partial charge < -0.3 is 14.5 Å². The maximum Gasteiger partial charge on any atom is 0.308 e. The fraction of sp³-hybridized carbons (Fsp3) is 0.353. The molecule has 2 unspecified atom stereocenters. The first-order chi connectivity index (χ1) is 11.0. The van der Waals surface area contributed by atoms with Crippen molar-refractivity contribution >= 4 is 11.9 Å². The lowest BCUT2D eigenvalue weighted by Crippen LogP contribution is -2.45. The maximum atomic E-state index is 12.6. The summed E-state index contributed by atoms with van der Waals surface area (Å²) in [7, 11) is 0. The molecule has 1 aromatic heterocycles. The first kappa shape index (κ1) is 15.3. The second-order valence-electron chi connectivity index (χ2n) is 6.03. The highest BCUT2D eigenvalue weighted by atomic mass is 16.5. The molecule has 6 nitrogen and oxygen atoms in total. The van der Waals surface area contributed by atoms with Crippen LogP contribution in [0.1, 0.15) is 23.9 Å².